The Morgan fingerprint density at radius 2 is 0.733 bits per heavy atom. The van der Waals surface area contributed by atoms with Crippen LogP contribution in [0.5, 0.6) is 0 Å². The average Bonchev–Trinajstić information content (AvgIpc) is 3.25. The Morgan fingerprint density at radius 3 is 1.20 bits per heavy atom. The minimum Gasteiger partial charge on any atom is -0.462 e. The van der Waals surface area contributed by atoms with Gasteiger partial charge in [0, 0.05) is 19.4 Å². The zero-order chi connectivity index (χ0) is 43.5. The molecule has 0 radical (unpaired) electrons. The molecule has 0 aliphatic heterocycles. The van der Waals surface area contributed by atoms with E-state index in [4.69, 9.17) is 14.2 Å². The van der Waals surface area contributed by atoms with E-state index in [0.717, 1.165) is 64.2 Å². The molecule has 0 amide bonds. The van der Waals surface area contributed by atoms with Crippen LogP contribution in [0.3, 0.4) is 0 Å². The molecule has 0 aromatic carbocycles. The molecule has 60 heavy (non-hydrogen) atoms. The number of carbonyl (C=O) groups excluding carboxylic acids is 2. The molecular formula is C55H102O5. The molecule has 0 fully saturated rings. The minimum atomic E-state index is -0.541. The summed E-state index contributed by atoms with van der Waals surface area (Å²) in [5, 5.41) is 0. The van der Waals surface area contributed by atoms with Crippen molar-refractivity contribution in [3.05, 3.63) is 36.5 Å². The normalized spacial score (nSPS) is 12.4. The topological polar surface area (TPSA) is 61.8 Å². The molecule has 0 N–H and O–H groups in total. The van der Waals surface area contributed by atoms with Gasteiger partial charge in [0.25, 0.3) is 0 Å². The third kappa shape index (κ3) is 48.8. The molecule has 0 aromatic rings. The molecule has 0 bridgehead atoms. The third-order valence-electron chi connectivity index (χ3n) is 11.6. The van der Waals surface area contributed by atoms with E-state index in [1.807, 2.05) is 0 Å². The van der Waals surface area contributed by atoms with Gasteiger partial charge in [0.05, 0.1) is 6.61 Å². The van der Waals surface area contributed by atoms with Gasteiger partial charge in [-0.05, 0) is 70.6 Å². The highest BCUT2D eigenvalue weighted by Crippen LogP contribution is 2.16. The van der Waals surface area contributed by atoms with E-state index in [1.54, 1.807) is 0 Å². The molecule has 0 saturated heterocycles. The van der Waals surface area contributed by atoms with Crippen molar-refractivity contribution in [2.24, 2.45) is 0 Å². The summed E-state index contributed by atoms with van der Waals surface area (Å²) < 4.78 is 17.4. The number of esters is 2. The summed E-state index contributed by atoms with van der Waals surface area (Å²) in [5.41, 5.74) is 0. The fourth-order valence-electron chi connectivity index (χ4n) is 7.66. The smallest absolute Gasteiger partial charge is 0.306 e. The van der Waals surface area contributed by atoms with Crippen LogP contribution in [0.1, 0.15) is 278 Å². The second kappa shape index (κ2) is 51.5. The van der Waals surface area contributed by atoms with E-state index in [2.05, 4.69) is 57.2 Å². The van der Waals surface area contributed by atoms with E-state index in [1.165, 1.54) is 180 Å². The van der Waals surface area contributed by atoms with Crippen LogP contribution in [0.25, 0.3) is 0 Å². The van der Waals surface area contributed by atoms with Gasteiger partial charge in [-0.25, -0.2) is 0 Å². The number of hydrogen-bond donors (Lipinski definition) is 0. The summed E-state index contributed by atoms with van der Waals surface area (Å²) in [6, 6.07) is 0. The highest BCUT2D eigenvalue weighted by Gasteiger charge is 2.17. The molecule has 5 heteroatoms. The molecular weight excluding hydrogens is 741 g/mol. The standard InChI is InChI=1S/C55H102O5/c1-4-7-10-13-16-19-22-25-26-27-28-29-32-35-38-41-44-47-50-58-51-53(60-55(57)49-46-43-40-37-34-31-24-21-18-15-12-9-6-3)52-59-54(56)48-45-42-39-36-33-30-23-20-17-14-11-8-5-2/h11,14,20-21,23-24,53H,4-10,12-13,15-19,22,25-52H2,1-3H3/b14-11-,23-20-,24-21-. The van der Waals surface area contributed by atoms with Crippen molar-refractivity contribution in [1.29, 1.82) is 0 Å². The van der Waals surface area contributed by atoms with Crippen LogP contribution in [0.4, 0.5) is 0 Å². The van der Waals surface area contributed by atoms with Crippen molar-refractivity contribution in [3.8, 4) is 0 Å². The third-order valence-corrected chi connectivity index (χ3v) is 11.6. The van der Waals surface area contributed by atoms with E-state index in [0.29, 0.717) is 19.4 Å². The van der Waals surface area contributed by atoms with Crippen LogP contribution >= 0.6 is 0 Å². The molecule has 0 aliphatic carbocycles. The summed E-state index contributed by atoms with van der Waals surface area (Å²) in [6.45, 7) is 7.77. The first kappa shape index (κ1) is 58.1. The van der Waals surface area contributed by atoms with Gasteiger partial charge in [-0.2, -0.15) is 0 Å². The predicted octanol–water partition coefficient (Wildman–Crippen LogP) is 17.8. The maximum Gasteiger partial charge on any atom is 0.306 e. The quantitative estimate of drug-likeness (QED) is 0.0347. The first-order valence-corrected chi connectivity index (χ1v) is 26.5. The minimum absolute atomic E-state index is 0.0792. The Morgan fingerprint density at radius 1 is 0.367 bits per heavy atom. The summed E-state index contributed by atoms with van der Waals surface area (Å²) >= 11 is 0. The lowest BCUT2D eigenvalue weighted by Gasteiger charge is -2.18. The van der Waals surface area contributed by atoms with Crippen LogP contribution in [0, 0.1) is 0 Å². The van der Waals surface area contributed by atoms with E-state index >= 15 is 0 Å². The predicted molar refractivity (Wildman–Crippen MR) is 261 cm³/mol. The molecule has 0 heterocycles. The molecule has 0 aliphatic rings. The monoisotopic (exact) mass is 843 g/mol. The van der Waals surface area contributed by atoms with Crippen molar-refractivity contribution in [2.45, 2.75) is 284 Å². The van der Waals surface area contributed by atoms with Gasteiger partial charge in [-0.1, -0.05) is 231 Å². The van der Waals surface area contributed by atoms with E-state index < -0.39 is 6.10 Å². The van der Waals surface area contributed by atoms with E-state index in [9.17, 15) is 9.59 Å². The molecule has 352 valence electrons. The first-order chi connectivity index (χ1) is 29.6. The van der Waals surface area contributed by atoms with Gasteiger partial charge in [0.15, 0.2) is 6.10 Å². The van der Waals surface area contributed by atoms with Crippen LogP contribution in [0.15, 0.2) is 36.5 Å². The SMILES string of the molecule is CCC/C=C\C/C=C\CCCCCCCC(=O)OCC(COCCCCCCCCCCCCCCCCCCCC)OC(=O)CCCCCCC/C=C\CCCCCC. The lowest BCUT2D eigenvalue weighted by atomic mass is 10.0. The Kier molecular flexibility index (Phi) is 49.9. The Balaban J connectivity index is 4.22. The van der Waals surface area contributed by atoms with Crippen molar-refractivity contribution in [2.75, 3.05) is 19.8 Å². The fraction of sp³-hybridized carbons (Fsp3) is 0.855. The maximum atomic E-state index is 12.8. The summed E-state index contributed by atoms with van der Waals surface area (Å²) in [5.74, 6) is -0.411. The summed E-state index contributed by atoms with van der Waals surface area (Å²) in [6.07, 6.45) is 61.5. The molecule has 0 aromatic heterocycles. The van der Waals surface area contributed by atoms with Gasteiger partial charge >= 0.3 is 11.9 Å². The fourth-order valence-corrected chi connectivity index (χ4v) is 7.66. The first-order valence-electron chi connectivity index (χ1n) is 26.5. The molecule has 0 rings (SSSR count). The van der Waals surface area contributed by atoms with Crippen LogP contribution in [-0.4, -0.2) is 37.9 Å². The Bertz CT molecular complexity index is 955. The van der Waals surface area contributed by atoms with Crippen LogP contribution < -0.4 is 0 Å². The number of rotatable bonds is 49. The number of ether oxygens (including phenoxy) is 3. The number of carbonyl (C=O) groups is 2. The highest BCUT2D eigenvalue weighted by molar-refractivity contribution is 5.70. The van der Waals surface area contributed by atoms with Gasteiger partial charge in [-0.15, -0.1) is 0 Å². The molecule has 0 saturated carbocycles. The Labute approximate surface area is 374 Å². The summed E-state index contributed by atoms with van der Waals surface area (Å²) in [7, 11) is 0. The van der Waals surface area contributed by atoms with E-state index in [-0.39, 0.29) is 25.2 Å². The zero-order valence-electron chi connectivity index (χ0n) is 40.5. The maximum absolute atomic E-state index is 12.8. The lowest BCUT2D eigenvalue weighted by molar-refractivity contribution is -0.163. The molecule has 5 nitrogen and oxygen atoms in total. The van der Waals surface area contributed by atoms with Crippen molar-refractivity contribution < 1.29 is 23.8 Å². The summed E-state index contributed by atoms with van der Waals surface area (Å²) in [4.78, 5) is 25.4. The molecule has 1 atom stereocenters. The second-order valence-corrected chi connectivity index (χ2v) is 17.8. The highest BCUT2D eigenvalue weighted by atomic mass is 16.6. The van der Waals surface area contributed by atoms with Gasteiger partial charge in [-0.3, -0.25) is 9.59 Å². The average molecular weight is 843 g/mol. The van der Waals surface area contributed by atoms with Crippen LogP contribution in [0.2, 0.25) is 0 Å². The number of hydrogen-bond acceptors (Lipinski definition) is 5. The molecule has 0 spiro atoms. The van der Waals surface area contributed by atoms with Crippen molar-refractivity contribution >= 4 is 11.9 Å². The van der Waals surface area contributed by atoms with Gasteiger partial charge < -0.3 is 14.2 Å². The number of allylic oxidation sites excluding steroid dienone is 6. The Hall–Kier alpha value is -1.88. The van der Waals surface area contributed by atoms with Crippen LogP contribution in [-0.2, 0) is 23.8 Å². The zero-order valence-corrected chi connectivity index (χ0v) is 40.5. The van der Waals surface area contributed by atoms with Gasteiger partial charge in [0.1, 0.15) is 6.61 Å². The number of unbranched alkanes of at least 4 members (excludes halogenated alkanes) is 32. The van der Waals surface area contributed by atoms with Crippen molar-refractivity contribution in [1.82, 2.24) is 0 Å². The van der Waals surface area contributed by atoms with Gasteiger partial charge in [0.2, 0.25) is 0 Å². The lowest BCUT2D eigenvalue weighted by Crippen LogP contribution is -2.30. The molecule has 1 unspecified atom stereocenters. The second-order valence-electron chi connectivity index (χ2n) is 17.8. The van der Waals surface area contributed by atoms with Crippen molar-refractivity contribution in [3.63, 3.8) is 0 Å². The largest absolute Gasteiger partial charge is 0.462 e.